The summed E-state index contributed by atoms with van der Waals surface area (Å²) in [4.78, 5) is 0. The average molecular weight is 337 g/mol. The van der Waals surface area contributed by atoms with Crippen LogP contribution in [0.25, 0.3) is 5.69 Å². The standard InChI is InChI=1S/C18H19N5S/c1-2-10-22-17(15-8-9-15)20-21-18(22)24-13-14-11-19-23(12-14)16-6-4-3-5-7-16/h2-7,11-12,15H,1,8-10,13H2. The molecular weight excluding hydrogens is 318 g/mol. The molecule has 2 aromatic heterocycles. The third kappa shape index (κ3) is 3.14. The van der Waals surface area contributed by atoms with E-state index in [2.05, 4.69) is 32.6 Å². The van der Waals surface area contributed by atoms with Crippen molar-refractivity contribution in [3.8, 4) is 5.69 Å². The lowest BCUT2D eigenvalue weighted by molar-refractivity contribution is 0.681. The van der Waals surface area contributed by atoms with E-state index < -0.39 is 0 Å². The van der Waals surface area contributed by atoms with Crippen molar-refractivity contribution in [1.82, 2.24) is 24.5 Å². The SMILES string of the molecule is C=CCn1c(SCc2cnn(-c3ccccc3)c2)nnc1C1CC1. The molecule has 1 aromatic carbocycles. The molecule has 0 aliphatic heterocycles. The summed E-state index contributed by atoms with van der Waals surface area (Å²) in [6.07, 6.45) is 8.34. The molecule has 24 heavy (non-hydrogen) atoms. The molecule has 1 saturated carbocycles. The molecule has 0 saturated heterocycles. The van der Waals surface area contributed by atoms with Crippen molar-refractivity contribution in [3.63, 3.8) is 0 Å². The molecule has 0 amide bonds. The predicted octanol–water partition coefficient (Wildman–Crippen LogP) is 3.82. The summed E-state index contributed by atoms with van der Waals surface area (Å²) >= 11 is 1.70. The van der Waals surface area contributed by atoms with Crippen molar-refractivity contribution >= 4 is 11.8 Å². The molecule has 6 heteroatoms. The van der Waals surface area contributed by atoms with E-state index in [1.54, 1.807) is 11.8 Å². The molecule has 1 aliphatic rings. The number of allylic oxidation sites excluding steroid dienone is 1. The van der Waals surface area contributed by atoms with Gasteiger partial charge in [0.25, 0.3) is 0 Å². The van der Waals surface area contributed by atoms with Gasteiger partial charge in [0.2, 0.25) is 0 Å². The Morgan fingerprint density at radius 3 is 2.79 bits per heavy atom. The lowest BCUT2D eigenvalue weighted by atomic mass is 10.3. The highest BCUT2D eigenvalue weighted by Gasteiger charge is 2.30. The number of hydrogen-bond donors (Lipinski definition) is 0. The average Bonchev–Trinajstić information content (AvgIpc) is 3.21. The molecule has 1 fully saturated rings. The van der Waals surface area contributed by atoms with E-state index in [9.17, 15) is 0 Å². The summed E-state index contributed by atoms with van der Waals surface area (Å²) < 4.78 is 4.09. The quantitative estimate of drug-likeness (QED) is 0.486. The van der Waals surface area contributed by atoms with Crippen LogP contribution in [0.2, 0.25) is 0 Å². The van der Waals surface area contributed by atoms with Gasteiger partial charge in [-0.2, -0.15) is 5.10 Å². The van der Waals surface area contributed by atoms with E-state index in [0.717, 1.165) is 29.0 Å². The van der Waals surface area contributed by atoms with Crippen LogP contribution >= 0.6 is 11.8 Å². The number of benzene rings is 1. The monoisotopic (exact) mass is 337 g/mol. The molecule has 4 rings (SSSR count). The fourth-order valence-electron chi connectivity index (χ4n) is 2.66. The van der Waals surface area contributed by atoms with Crippen LogP contribution in [-0.4, -0.2) is 24.5 Å². The highest BCUT2D eigenvalue weighted by Crippen LogP contribution is 2.40. The number of rotatable bonds is 7. The van der Waals surface area contributed by atoms with Crippen LogP contribution in [0, 0.1) is 0 Å². The maximum atomic E-state index is 4.45. The van der Waals surface area contributed by atoms with Gasteiger partial charge in [-0.1, -0.05) is 36.0 Å². The highest BCUT2D eigenvalue weighted by molar-refractivity contribution is 7.98. The fraction of sp³-hybridized carbons (Fsp3) is 0.278. The minimum atomic E-state index is 0.590. The Balaban J connectivity index is 1.47. The summed E-state index contributed by atoms with van der Waals surface area (Å²) in [7, 11) is 0. The van der Waals surface area contributed by atoms with E-state index in [4.69, 9.17) is 0 Å². The van der Waals surface area contributed by atoms with Gasteiger partial charge in [0.15, 0.2) is 5.16 Å². The lowest BCUT2D eigenvalue weighted by Gasteiger charge is -2.06. The number of nitrogens with zero attached hydrogens (tertiary/aromatic N) is 5. The second kappa shape index (κ2) is 6.65. The van der Waals surface area contributed by atoms with Crippen molar-refractivity contribution in [2.24, 2.45) is 0 Å². The Kier molecular flexibility index (Phi) is 4.21. The van der Waals surface area contributed by atoms with Crippen LogP contribution < -0.4 is 0 Å². The van der Waals surface area contributed by atoms with Gasteiger partial charge in [-0.15, -0.1) is 16.8 Å². The van der Waals surface area contributed by atoms with E-state index in [-0.39, 0.29) is 0 Å². The van der Waals surface area contributed by atoms with Gasteiger partial charge in [0.1, 0.15) is 5.82 Å². The number of hydrogen-bond acceptors (Lipinski definition) is 4. The van der Waals surface area contributed by atoms with Crippen LogP contribution in [0.15, 0.2) is 60.5 Å². The third-order valence-corrected chi connectivity index (χ3v) is 5.06. The first-order valence-corrected chi connectivity index (χ1v) is 9.09. The lowest BCUT2D eigenvalue weighted by Crippen LogP contribution is -2.02. The minimum absolute atomic E-state index is 0.590. The van der Waals surface area contributed by atoms with Gasteiger partial charge in [-0.25, -0.2) is 4.68 Å². The zero-order chi connectivity index (χ0) is 16.4. The van der Waals surface area contributed by atoms with Crippen LogP contribution in [0.5, 0.6) is 0 Å². The smallest absolute Gasteiger partial charge is 0.191 e. The Labute approximate surface area is 145 Å². The van der Waals surface area contributed by atoms with Gasteiger partial charge >= 0.3 is 0 Å². The largest absolute Gasteiger partial charge is 0.302 e. The van der Waals surface area contributed by atoms with Crippen molar-refractivity contribution in [2.45, 2.75) is 36.2 Å². The van der Waals surface area contributed by atoms with Crippen LogP contribution in [0.1, 0.15) is 30.1 Å². The van der Waals surface area contributed by atoms with Crippen LogP contribution in [0.4, 0.5) is 0 Å². The Morgan fingerprint density at radius 1 is 1.21 bits per heavy atom. The summed E-state index contributed by atoms with van der Waals surface area (Å²) in [6.45, 7) is 4.62. The Morgan fingerprint density at radius 2 is 2.04 bits per heavy atom. The molecule has 0 bridgehead atoms. The van der Waals surface area contributed by atoms with Crippen LogP contribution in [-0.2, 0) is 12.3 Å². The maximum Gasteiger partial charge on any atom is 0.191 e. The summed E-state index contributed by atoms with van der Waals surface area (Å²) in [6, 6.07) is 10.1. The molecule has 3 aromatic rings. The highest BCUT2D eigenvalue weighted by atomic mass is 32.2. The maximum absolute atomic E-state index is 4.45. The Hall–Kier alpha value is -2.34. The van der Waals surface area contributed by atoms with E-state index in [1.807, 2.05) is 47.3 Å². The second-order valence-corrected chi connectivity index (χ2v) is 6.87. The van der Waals surface area contributed by atoms with Crippen molar-refractivity contribution in [1.29, 1.82) is 0 Å². The molecule has 2 heterocycles. The zero-order valence-corrected chi connectivity index (χ0v) is 14.2. The van der Waals surface area contributed by atoms with Gasteiger partial charge in [0, 0.05) is 30.0 Å². The van der Waals surface area contributed by atoms with Crippen molar-refractivity contribution in [2.75, 3.05) is 0 Å². The first-order valence-electron chi connectivity index (χ1n) is 8.11. The van der Waals surface area contributed by atoms with Crippen molar-refractivity contribution < 1.29 is 0 Å². The molecule has 1 aliphatic carbocycles. The van der Waals surface area contributed by atoms with Crippen molar-refractivity contribution in [3.05, 3.63) is 66.8 Å². The van der Waals surface area contributed by atoms with Gasteiger partial charge in [-0.3, -0.25) is 0 Å². The molecule has 0 atom stereocenters. The molecule has 0 N–H and O–H groups in total. The first-order chi connectivity index (χ1) is 11.8. The topological polar surface area (TPSA) is 48.5 Å². The van der Waals surface area contributed by atoms with Crippen LogP contribution in [0.3, 0.4) is 0 Å². The molecule has 5 nitrogen and oxygen atoms in total. The van der Waals surface area contributed by atoms with Gasteiger partial charge in [-0.05, 0) is 25.0 Å². The van der Waals surface area contributed by atoms with E-state index in [0.29, 0.717) is 5.92 Å². The van der Waals surface area contributed by atoms with E-state index >= 15 is 0 Å². The zero-order valence-electron chi connectivity index (χ0n) is 13.4. The molecule has 0 spiro atoms. The summed E-state index contributed by atoms with van der Waals surface area (Å²) in [5.74, 6) is 2.53. The predicted molar refractivity (Wildman–Crippen MR) is 95.3 cm³/mol. The van der Waals surface area contributed by atoms with Gasteiger partial charge < -0.3 is 4.57 Å². The number of aromatic nitrogens is 5. The van der Waals surface area contributed by atoms with E-state index in [1.165, 1.54) is 18.4 Å². The normalized spacial score (nSPS) is 14.0. The molecular formula is C18H19N5S. The summed E-state index contributed by atoms with van der Waals surface area (Å²) in [5, 5.41) is 14.2. The fourth-order valence-corrected chi connectivity index (χ4v) is 3.52. The molecule has 0 radical (unpaired) electrons. The number of thioether (sulfide) groups is 1. The minimum Gasteiger partial charge on any atom is -0.302 e. The first kappa shape index (κ1) is 15.2. The summed E-state index contributed by atoms with van der Waals surface area (Å²) in [5.41, 5.74) is 2.24. The third-order valence-electron chi connectivity index (χ3n) is 4.02. The molecule has 0 unspecified atom stereocenters. The molecule has 122 valence electrons. The second-order valence-electron chi connectivity index (χ2n) is 5.93. The Bertz CT molecular complexity index is 832. The number of para-hydroxylation sites is 1. The van der Waals surface area contributed by atoms with Gasteiger partial charge in [0.05, 0.1) is 11.9 Å².